The molecule has 0 bridgehead atoms. The zero-order valence-corrected chi connectivity index (χ0v) is 18.5. The highest BCUT2D eigenvalue weighted by Gasteiger charge is 2.38. The second kappa shape index (κ2) is 8.11. The molecule has 33 heavy (non-hydrogen) atoms. The van der Waals surface area contributed by atoms with Crippen LogP contribution in [0.25, 0.3) is 11.1 Å². The molecule has 0 aliphatic carbocycles. The maximum atomic E-state index is 15.1. The van der Waals surface area contributed by atoms with Gasteiger partial charge in [0.05, 0.1) is 17.2 Å². The maximum Gasteiger partial charge on any atom is 0.416 e. The highest BCUT2D eigenvalue weighted by molar-refractivity contribution is 9.10. The third-order valence-corrected chi connectivity index (χ3v) is 5.98. The van der Waals surface area contributed by atoms with Crippen LogP contribution in [0, 0.1) is 11.6 Å². The number of benzene rings is 3. The van der Waals surface area contributed by atoms with Gasteiger partial charge in [-0.25, -0.2) is 8.78 Å². The lowest BCUT2D eigenvalue weighted by Crippen LogP contribution is -2.20. The predicted octanol–water partition coefficient (Wildman–Crippen LogP) is 6.00. The van der Waals surface area contributed by atoms with Crippen LogP contribution in [0.2, 0.25) is 5.02 Å². The minimum absolute atomic E-state index is 0.0411. The molecule has 4 nitrogen and oxygen atoms in total. The molecule has 1 atom stereocenters. The molecule has 3 N–H and O–H groups in total. The second-order valence-corrected chi connectivity index (χ2v) is 8.55. The normalized spacial score (nSPS) is 15.4. The van der Waals surface area contributed by atoms with Crippen LogP contribution in [0.4, 0.5) is 22.0 Å². The van der Waals surface area contributed by atoms with Crippen molar-refractivity contribution in [3.05, 3.63) is 91.4 Å². The van der Waals surface area contributed by atoms with Crippen molar-refractivity contribution in [2.45, 2.75) is 12.2 Å². The Bertz CT molecular complexity index is 1340. The van der Waals surface area contributed by atoms with E-state index in [9.17, 15) is 27.2 Å². The van der Waals surface area contributed by atoms with Gasteiger partial charge >= 0.3 is 6.18 Å². The summed E-state index contributed by atoms with van der Waals surface area (Å²) in [6, 6.07) is 5.80. The lowest BCUT2D eigenvalue weighted by atomic mass is 9.87. The molecule has 170 valence electrons. The monoisotopic (exact) mass is 544 g/mol. The van der Waals surface area contributed by atoms with Gasteiger partial charge in [-0.05, 0) is 53.6 Å². The number of alkyl halides is 3. The molecular weight excluding hydrogens is 535 g/mol. The molecule has 0 saturated carbocycles. The van der Waals surface area contributed by atoms with E-state index in [-0.39, 0.29) is 37.8 Å². The molecule has 1 heterocycles. The van der Waals surface area contributed by atoms with Crippen LogP contribution >= 0.6 is 27.5 Å². The summed E-state index contributed by atoms with van der Waals surface area (Å²) in [5.41, 5.74) is 2.85. The van der Waals surface area contributed by atoms with Gasteiger partial charge in [-0.15, -0.1) is 0 Å². The van der Waals surface area contributed by atoms with E-state index in [2.05, 4.69) is 21.2 Å². The second-order valence-electron chi connectivity index (χ2n) is 7.23. The van der Waals surface area contributed by atoms with E-state index in [0.717, 1.165) is 12.1 Å². The fourth-order valence-corrected chi connectivity index (χ4v) is 4.50. The number of rotatable bonds is 3. The minimum atomic E-state index is -4.93. The summed E-state index contributed by atoms with van der Waals surface area (Å²) >= 11 is 9.39. The fraction of sp³-hybridized carbons (Fsp3) is 0.0909. The van der Waals surface area contributed by atoms with Crippen LogP contribution < -0.4 is 11.1 Å². The number of nitrogens with one attached hydrogen (secondary N) is 1. The van der Waals surface area contributed by atoms with Crippen LogP contribution in [0.1, 0.15) is 43.4 Å². The third-order valence-electron chi connectivity index (χ3n) is 5.17. The number of halogens is 7. The first-order valence-electron chi connectivity index (χ1n) is 9.18. The Kier molecular flexibility index (Phi) is 5.69. The summed E-state index contributed by atoms with van der Waals surface area (Å²) in [5.74, 6) is -3.94. The molecule has 0 radical (unpaired) electrons. The van der Waals surface area contributed by atoms with Gasteiger partial charge in [-0.2, -0.15) is 13.2 Å². The van der Waals surface area contributed by atoms with Gasteiger partial charge < -0.3 is 11.1 Å². The Morgan fingerprint density at radius 1 is 1.06 bits per heavy atom. The molecule has 1 unspecified atom stereocenters. The summed E-state index contributed by atoms with van der Waals surface area (Å²) in [6.45, 7) is 0. The number of amides is 2. The number of nitrogens with two attached hydrogens (primary N) is 1. The Balaban J connectivity index is 2.06. The average Bonchev–Trinajstić information content (AvgIpc) is 3.04. The molecule has 0 saturated heterocycles. The first kappa shape index (κ1) is 23.2. The molecule has 1 aliphatic heterocycles. The number of carbonyl (C=O) groups is 2. The van der Waals surface area contributed by atoms with Crippen LogP contribution in [-0.4, -0.2) is 11.8 Å². The van der Waals surface area contributed by atoms with Crippen LogP contribution in [0.5, 0.6) is 0 Å². The first-order valence-corrected chi connectivity index (χ1v) is 10.4. The van der Waals surface area contributed by atoms with Gasteiger partial charge in [0.25, 0.3) is 5.91 Å². The molecular formula is C22H11BrClF5N2O2. The Hall–Kier alpha value is -2.98. The molecule has 11 heteroatoms. The lowest BCUT2D eigenvalue weighted by Gasteiger charge is -2.20. The van der Waals surface area contributed by atoms with E-state index in [1.807, 2.05) is 0 Å². The van der Waals surface area contributed by atoms with Gasteiger partial charge in [0, 0.05) is 26.2 Å². The predicted molar refractivity (Wildman–Crippen MR) is 114 cm³/mol. The van der Waals surface area contributed by atoms with Crippen molar-refractivity contribution in [3.63, 3.8) is 0 Å². The van der Waals surface area contributed by atoms with Crippen molar-refractivity contribution in [1.29, 1.82) is 0 Å². The standard InChI is InChI=1S/C22H11BrClF5N2O2/c23-9-5-12(17-13(20(30)32)3-8(4-16(17)26)22(27,28)29)18-14(6-9)21(33)31-19(18)11-7-10(25)1-2-15(11)24/h1-7,19H,(H2,30,32)(H,31,33). The molecule has 2 amide bonds. The van der Waals surface area contributed by atoms with Crippen LogP contribution in [0.15, 0.2) is 46.9 Å². The van der Waals surface area contributed by atoms with Gasteiger partial charge in [0.15, 0.2) is 0 Å². The van der Waals surface area contributed by atoms with Crippen LogP contribution in [0.3, 0.4) is 0 Å². The first-order chi connectivity index (χ1) is 15.4. The number of fused-ring (bicyclic) bond motifs is 1. The lowest BCUT2D eigenvalue weighted by molar-refractivity contribution is -0.137. The number of primary amides is 1. The fourth-order valence-electron chi connectivity index (χ4n) is 3.81. The van der Waals surface area contributed by atoms with Crippen molar-refractivity contribution < 1.29 is 31.5 Å². The van der Waals surface area contributed by atoms with E-state index in [4.69, 9.17) is 17.3 Å². The summed E-state index contributed by atoms with van der Waals surface area (Å²) in [4.78, 5) is 24.7. The quantitative estimate of drug-likeness (QED) is 0.397. The highest BCUT2D eigenvalue weighted by Crippen LogP contribution is 2.45. The summed E-state index contributed by atoms with van der Waals surface area (Å²) in [5, 5.41) is 2.70. The zero-order chi connectivity index (χ0) is 24.2. The summed E-state index contributed by atoms with van der Waals surface area (Å²) < 4.78 is 69.0. The minimum Gasteiger partial charge on any atom is -0.366 e. The van der Waals surface area contributed by atoms with Crippen molar-refractivity contribution in [3.8, 4) is 11.1 Å². The largest absolute Gasteiger partial charge is 0.416 e. The Labute approximate surface area is 196 Å². The molecule has 3 aromatic carbocycles. The van der Waals surface area contributed by atoms with E-state index in [1.165, 1.54) is 18.2 Å². The van der Waals surface area contributed by atoms with E-state index in [0.29, 0.717) is 6.07 Å². The zero-order valence-electron chi connectivity index (χ0n) is 16.2. The molecule has 4 rings (SSSR count). The number of hydrogen-bond donors (Lipinski definition) is 2. The van der Waals surface area contributed by atoms with Crippen molar-refractivity contribution in [2.75, 3.05) is 0 Å². The van der Waals surface area contributed by atoms with E-state index >= 15 is 4.39 Å². The maximum absolute atomic E-state index is 15.1. The Morgan fingerprint density at radius 3 is 2.36 bits per heavy atom. The van der Waals surface area contributed by atoms with Crippen molar-refractivity contribution >= 4 is 39.3 Å². The SMILES string of the molecule is NC(=O)c1cc(C(F)(F)F)cc(F)c1-c1cc(Br)cc2c1C(c1cc(F)ccc1Cl)NC2=O. The summed E-state index contributed by atoms with van der Waals surface area (Å²) in [6.07, 6.45) is -4.93. The van der Waals surface area contributed by atoms with Gasteiger partial charge in [-0.1, -0.05) is 27.5 Å². The van der Waals surface area contributed by atoms with Gasteiger partial charge in [0.1, 0.15) is 11.6 Å². The Morgan fingerprint density at radius 2 is 1.73 bits per heavy atom. The number of hydrogen-bond acceptors (Lipinski definition) is 2. The molecule has 1 aliphatic rings. The molecule has 0 spiro atoms. The highest BCUT2D eigenvalue weighted by atomic mass is 79.9. The topological polar surface area (TPSA) is 72.2 Å². The van der Waals surface area contributed by atoms with Crippen LogP contribution in [-0.2, 0) is 6.18 Å². The van der Waals surface area contributed by atoms with Gasteiger partial charge in [0.2, 0.25) is 5.91 Å². The smallest absolute Gasteiger partial charge is 0.366 e. The van der Waals surface area contributed by atoms with E-state index < -0.39 is 52.4 Å². The summed E-state index contributed by atoms with van der Waals surface area (Å²) in [7, 11) is 0. The number of carbonyl (C=O) groups excluding carboxylic acids is 2. The van der Waals surface area contributed by atoms with Crippen molar-refractivity contribution in [1.82, 2.24) is 5.32 Å². The van der Waals surface area contributed by atoms with Crippen molar-refractivity contribution in [2.24, 2.45) is 5.73 Å². The molecule has 0 aromatic heterocycles. The molecule has 0 fully saturated rings. The van der Waals surface area contributed by atoms with E-state index in [1.54, 1.807) is 0 Å². The van der Waals surface area contributed by atoms with Gasteiger partial charge in [-0.3, -0.25) is 9.59 Å². The average molecular weight is 546 g/mol. The molecule has 3 aromatic rings. The third kappa shape index (κ3) is 4.08.